The molecule has 1 N–H and O–H groups in total. The summed E-state index contributed by atoms with van der Waals surface area (Å²) in [5, 5.41) is 9.36. The first-order chi connectivity index (χ1) is 10.9. The van der Waals surface area contributed by atoms with E-state index in [0.29, 0.717) is 17.9 Å². The van der Waals surface area contributed by atoms with E-state index in [9.17, 15) is 14.7 Å². The van der Waals surface area contributed by atoms with Gasteiger partial charge in [0, 0.05) is 30.9 Å². The van der Waals surface area contributed by atoms with Crippen molar-refractivity contribution in [2.24, 2.45) is 0 Å². The molecule has 0 heterocycles. The first-order valence-corrected chi connectivity index (χ1v) is 7.26. The van der Waals surface area contributed by atoms with Gasteiger partial charge in [0.05, 0.1) is 12.2 Å². The van der Waals surface area contributed by atoms with Gasteiger partial charge in [-0.25, -0.2) is 4.79 Å². The molecule has 0 aliphatic rings. The summed E-state index contributed by atoms with van der Waals surface area (Å²) in [5.74, 6) is -1.04. The number of rotatable bonds is 6. The van der Waals surface area contributed by atoms with E-state index in [-0.39, 0.29) is 16.9 Å². The molecule has 0 unspecified atom stereocenters. The molecule has 0 saturated carbocycles. The topological polar surface area (TPSA) is 66.8 Å². The van der Waals surface area contributed by atoms with Crippen LogP contribution in [0.5, 0.6) is 5.75 Å². The molecular weight excluding hydrogens is 294 g/mol. The van der Waals surface area contributed by atoms with E-state index >= 15 is 0 Å². The van der Waals surface area contributed by atoms with Crippen molar-refractivity contribution in [3.05, 3.63) is 59.2 Å². The quantitative estimate of drug-likeness (QED) is 0.830. The predicted octanol–water partition coefficient (Wildman–Crippen LogP) is 3.08. The number of benzene rings is 2. The Hall–Kier alpha value is -2.82. The van der Waals surface area contributed by atoms with E-state index in [2.05, 4.69) is 0 Å². The summed E-state index contributed by atoms with van der Waals surface area (Å²) in [6.45, 7) is 2.24. The van der Waals surface area contributed by atoms with E-state index in [0.717, 1.165) is 5.69 Å². The van der Waals surface area contributed by atoms with Gasteiger partial charge in [-0.15, -0.1) is 0 Å². The Balaban J connectivity index is 2.40. The highest BCUT2D eigenvalue weighted by Gasteiger charge is 2.19. The van der Waals surface area contributed by atoms with Crippen LogP contribution in [0.15, 0.2) is 42.5 Å². The Morgan fingerprint density at radius 2 is 1.70 bits per heavy atom. The number of aromatic carboxylic acids is 1. The van der Waals surface area contributed by atoms with Crippen LogP contribution in [0.25, 0.3) is 0 Å². The lowest BCUT2D eigenvalue weighted by molar-refractivity contribution is 0.0692. The van der Waals surface area contributed by atoms with Crippen LogP contribution < -0.4 is 9.64 Å². The second-order valence-corrected chi connectivity index (χ2v) is 5.22. The predicted molar refractivity (Wildman–Crippen MR) is 88.8 cm³/mol. The Bertz CT molecular complexity index is 720. The zero-order chi connectivity index (χ0) is 17.0. The Labute approximate surface area is 135 Å². The molecule has 2 aromatic rings. The molecule has 0 aliphatic heterocycles. The normalized spacial score (nSPS) is 10.2. The molecule has 0 saturated heterocycles. The minimum absolute atomic E-state index is 0.0577. The lowest BCUT2D eigenvalue weighted by Gasteiger charge is -2.13. The Morgan fingerprint density at radius 3 is 2.22 bits per heavy atom. The van der Waals surface area contributed by atoms with Crippen LogP contribution in [0.2, 0.25) is 0 Å². The molecule has 0 amide bonds. The monoisotopic (exact) mass is 313 g/mol. The van der Waals surface area contributed by atoms with Crippen molar-refractivity contribution in [2.75, 3.05) is 25.6 Å². The number of anilines is 1. The number of carbonyl (C=O) groups excluding carboxylic acids is 1. The molecule has 5 nitrogen and oxygen atoms in total. The molecule has 5 heteroatoms. The number of carboxylic acid groups (broad SMARTS) is 1. The lowest BCUT2D eigenvalue weighted by Crippen LogP contribution is -2.11. The van der Waals surface area contributed by atoms with Crippen molar-refractivity contribution in [3.8, 4) is 5.75 Å². The summed E-state index contributed by atoms with van der Waals surface area (Å²) in [7, 11) is 3.82. The molecule has 0 aromatic heterocycles. The second kappa shape index (κ2) is 6.96. The van der Waals surface area contributed by atoms with E-state index in [1.165, 1.54) is 12.1 Å². The fourth-order valence-electron chi connectivity index (χ4n) is 2.22. The first kappa shape index (κ1) is 16.5. The minimum atomic E-state index is -1.15. The minimum Gasteiger partial charge on any atom is -0.494 e. The van der Waals surface area contributed by atoms with Crippen LogP contribution in [-0.4, -0.2) is 37.6 Å². The number of hydrogen-bond acceptors (Lipinski definition) is 4. The van der Waals surface area contributed by atoms with Crippen LogP contribution >= 0.6 is 0 Å². The summed E-state index contributed by atoms with van der Waals surface area (Å²) >= 11 is 0. The van der Waals surface area contributed by atoms with Crippen LogP contribution in [0.3, 0.4) is 0 Å². The van der Waals surface area contributed by atoms with E-state index < -0.39 is 5.97 Å². The average Bonchev–Trinajstić information content (AvgIpc) is 2.54. The molecular formula is C18H19NO4. The van der Waals surface area contributed by atoms with E-state index in [1.54, 1.807) is 18.2 Å². The molecule has 0 radical (unpaired) electrons. The van der Waals surface area contributed by atoms with Gasteiger partial charge in [0.2, 0.25) is 0 Å². The van der Waals surface area contributed by atoms with Gasteiger partial charge < -0.3 is 14.7 Å². The van der Waals surface area contributed by atoms with Crippen LogP contribution in [0, 0.1) is 0 Å². The highest BCUT2D eigenvalue weighted by Crippen LogP contribution is 2.22. The smallest absolute Gasteiger partial charge is 0.336 e. The number of ketones is 1. The molecule has 0 atom stereocenters. The second-order valence-electron chi connectivity index (χ2n) is 5.22. The summed E-state index contributed by atoms with van der Waals surface area (Å²) in [6, 6.07) is 11.5. The van der Waals surface area contributed by atoms with Gasteiger partial charge in [0.25, 0.3) is 0 Å². The molecule has 0 bridgehead atoms. The zero-order valence-corrected chi connectivity index (χ0v) is 13.4. The SMILES string of the molecule is CCOc1ccc(C(=O)c2ccc(N(C)C)cc2)c(C(=O)O)c1. The number of carboxylic acids is 1. The van der Waals surface area contributed by atoms with Gasteiger partial charge in [0.1, 0.15) is 5.75 Å². The standard InChI is InChI=1S/C18H19NO4/c1-4-23-14-9-10-15(16(11-14)18(21)22)17(20)12-5-7-13(8-6-12)19(2)3/h5-11H,4H2,1-3H3,(H,21,22). The van der Waals surface area contributed by atoms with Crippen molar-refractivity contribution < 1.29 is 19.4 Å². The van der Waals surface area contributed by atoms with E-state index in [1.807, 2.05) is 38.1 Å². The third kappa shape index (κ3) is 3.69. The van der Waals surface area contributed by atoms with Gasteiger partial charge in [-0.2, -0.15) is 0 Å². The number of nitrogens with zero attached hydrogens (tertiary/aromatic N) is 1. The highest BCUT2D eigenvalue weighted by molar-refractivity contribution is 6.14. The van der Waals surface area contributed by atoms with Gasteiger partial charge in [-0.05, 0) is 49.4 Å². The van der Waals surface area contributed by atoms with Gasteiger partial charge in [0.15, 0.2) is 5.78 Å². The number of hydrogen-bond donors (Lipinski definition) is 1. The van der Waals surface area contributed by atoms with Crippen molar-refractivity contribution in [2.45, 2.75) is 6.92 Å². The van der Waals surface area contributed by atoms with Crippen molar-refractivity contribution in [3.63, 3.8) is 0 Å². The third-order valence-electron chi connectivity index (χ3n) is 3.42. The van der Waals surface area contributed by atoms with Crippen molar-refractivity contribution >= 4 is 17.4 Å². The summed E-state index contributed by atoms with van der Waals surface area (Å²) in [4.78, 5) is 26.0. The number of ether oxygens (including phenoxy) is 1. The maximum atomic E-state index is 12.6. The van der Waals surface area contributed by atoms with Gasteiger partial charge in [-0.1, -0.05) is 0 Å². The molecule has 2 aromatic carbocycles. The molecule has 0 spiro atoms. The first-order valence-electron chi connectivity index (χ1n) is 7.26. The molecule has 23 heavy (non-hydrogen) atoms. The molecule has 0 fully saturated rings. The zero-order valence-electron chi connectivity index (χ0n) is 13.4. The van der Waals surface area contributed by atoms with Crippen LogP contribution in [-0.2, 0) is 0 Å². The van der Waals surface area contributed by atoms with Crippen molar-refractivity contribution in [1.29, 1.82) is 0 Å². The van der Waals surface area contributed by atoms with Gasteiger partial charge >= 0.3 is 5.97 Å². The third-order valence-corrected chi connectivity index (χ3v) is 3.42. The van der Waals surface area contributed by atoms with Gasteiger partial charge in [-0.3, -0.25) is 4.79 Å². The summed E-state index contributed by atoms with van der Waals surface area (Å²) in [6.07, 6.45) is 0. The molecule has 0 aliphatic carbocycles. The van der Waals surface area contributed by atoms with Crippen molar-refractivity contribution in [1.82, 2.24) is 0 Å². The van der Waals surface area contributed by atoms with E-state index in [4.69, 9.17) is 4.74 Å². The Kier molecular flexibility index (Phi) is 5.01. The largest absolute Gasteiger partial charge is 0.494 e. The maximum Gasteiger partial charge on any atom is 0.336 e. The summed E-state index contributed by atoms with van der Waals surface area (Å²) < 4.78 is 5.30. The fraction of sp³-hybridized carbons (Fsp3) is 0.222. The maximum absolute atomic E-state index is 12.6. The van der Waals surface area contributed by atoms with Crippen LogP contribution in [0.4, 0.5) is 5.69 Å². The highest BCUT2D eigenvalue weighted by atomic mass is 16.5. The summed E-state index contributed by atoms with van der Waals surface area (Å²) in [5.41, 5.74) is 1.50. The number of carbonyl (C=O) groups is 2. The molecule has 120 valence electrons. The fourth-order valence-corrected chi connectivity index (χ4v) is 2.22. The Morgan fingerprint density at radius 1 is 1.04 bits per heavy atom. The average molecular weight is 313 g/mol. The molecule has 2 rings (SSSR count). The van der Waals surface area contributed by atoms with Crippen LogP contribution in [0.1, 0.15) is 33.2 Å². The lowest BCUT2D eigenvalue weighted by atomic mass is 9.98.